The van der Waals surface area contributed by atoms with Crippen molar-refractivity contribution < 1.29 is 9.28 Å². The van der Waals surface area contributed by atoms with Crippen molar-refractivity contribution >= 4 is 23.1 Å². The van der Waals surface area contributed by atoms with Gasteiger partial charge in [-0.25, -0.2) is 4.98 Å². The molecule has 1 fully saturated rings. The average molecular weight is 438 g/mol. The third kappa shape index (κ3) is 4.05. The quantitative estimate of drug-likeness (QED) is 0.520. The normalized spacial score (nSPS) is 21.2. The van der Waals surface area contributed by atoms with Gasteiger partial charge >= 0.3 is 0 Å². The molecule has 1 saturated heterocycles. The summed E-state index contributed by atoms with van der Waals surface area (Å²) in [6.07, 6.45) is 8.62. The number of fused-ring (bicyclic) bond motifs is 1. The molecule has 1 aromatic heterocycles. The Morgan fingerprint density at radius 2 is 2.13 bits per heavy atom. The van der Waals surface area contributed by atoms with E-state index < -0.39 is 0 Å². The molecule has 1 radical (unpaired) electrons. The number of carbonyl (C=O) groups excluding carboxylic acids is 1. The molecule has 4 heterocycles. The molecule has 0 N–H and O–H groups in total. The Morgan fingerprint density at radius 1 is 1.29 bits per heavy atom. The van der Waals surface area contributed by atoms with Crippen LogP contribution in [0, 0.1) is 6.92 Å². The lowest BCUT2D eigenvalue weighted by Crippen LogP contribution is -2.44. The lowest BCUT2D eigenvalue weighted by atomic mass is 9.97. The third-order valence-corrected chi connectivity index (χ3v) is 6.86. The minimum absolute atomic E-state index is 0.00768. The molecule has 1 atom stereocenters. The smallest absolute Gasteiger partial charge is 0.285 e. The molecule has 2 aromatic rings. The molecule has 0 bridgehead atoms. The van der Waals surface area contributed by atoms with E-state index in [9.17, 15) is 9.28 Å². The molecule has 159 valence electrons. The number of aliphatic imine (C=N–C) groups is 1. The van der Waals surface area contributed by atoms with Crippen molar-refractivity contribution in [1.82, 2.24) is 19.9 Å². The van der Waals surface area contributed by atoms with Crippen molar-refractivity contribution in [1.29, 1.82) is 0 Å². The molecule has 31 heavy (non-hydrogen) atoms. The van der Waals surface area contributed by atoms with Gasteiger partial charge in [-0.2, -0.15) is 10.1 Å². The van der Waals surface area contributed by atoms with E-state index in [4.69, 9.17) is 0 Å². The summed E-state index contributed by atoms with van der Waals surface area (Å²) in [5.74, 6) is 0.741. The lowest BCUT2D eigenvalue weighted by molar-refractivity contribution is 0.0608. The van der Waals surface area contributed by atoms with Gasteiger partial charge in [0.05, 0.1) is 9.88 Å². The maximum absolute atomic E-state index is 13.6. The highest BCUT2D eigenvalue weighted by atomic mass is 32.1. The molecule has 0 unspecified atom stereocenters. The SMILES string of the molecule is Cc1nc(C(=O)N2CCCC[C@H]2CC2=C[N+]3CN(F)C=CC3=N2)c(-c2ccccc2)s1. The standard InChI is InChI=1S/C23H24FN5OS/c1-16-25-21(22(31-16)17-7-3-2-4-8-17)23(30)29-11-6-5-9-19(29)13-18-14-27-15-28(24)12-10-20(27)26-18/h2-4,7-8,10,12,14,19H,5-6,9,11,13,15H2,1H3/q+1/t19-/m0/s1. The van der Waals surface area contributed by atoms with Crippen LogP contribution in [0.15, 0.2) is 59.5 Å². The zero-order valence-corrected chi connectivity index (χ0v) is 18.2. The van der Waals surface area contributed by atoms with Crippen LogP contribution in [0.4, 0.5) is 4.48 Å². The van der Waals surface area contributed by atoms with Gasteiger partial charge in [-0.15, -0.1) is 11.3 Å². The van der Waals surface area contributed by atoms with Gasteiger partial charge in [-0.1, -0.05) is 39.7 Å². The maximum atomic E-state index is 13.6. The Kier molecular flexibility index (Phi) is 5.41. The van der Waals surface area contributed by atoms with Crippen molar-refractivity contribution in [2.45, 2.75) is 38.6 Å². The van der Waals surface area contributed by atoms with E-state index >= 15 is 0 Å². The van der Waals surface area contributed by atoms with Crippen molar-refractivity contribution in [2.24, 2.45) is 4.99 Å². The number of hydrogen-bond acceptors (Lipinski definition) is 6. The highest BCUT2D eigenvalue weighted by molar-refractivity contribution is 7.15. The first-order valence-corrected chi connectivity index (χ1v) is 11.4. The van der Waals surface area contributed by atoms with Crippen LogP contribution in [0.5, 0.6) is 0 Å². The van der Waals surface area contributed by atoms with E-state index in [1.165, 1.54) is 6.20 Å². The van der Waals surface area contributed by atoms with Crippen molar-refractivity contribution in [3.05, 3.63) is 65.2 Å². The minimum atomic E-state index is -0.00768. The van der Waals surface area contributed by atoms with Crippen LogP contribution in [0.2, 0.25) is 0 Å². The largest absolute Gasteiger partial charge is 0.334 e. The molecule has 1 amide bonds. The molecule has 5 rings (SSSR count). The van der Waals surface area contributed by atoms with Gasteiger partial charge in [-0.3, -0.25) is 4.79 Å². The number of hydrogen-bond donors (Lipinski definition) is 0. The van der Waals surface area contributed by atoms with Crippen LogP contribution in [-0.2, 0) is 0 Å². The fourth-order valence-electron chi connectivity index (χ4n) is 4.39. The molecular formula is C23H24FN5OS+. The zero-order chi connectivity index (χ0) is 21.4. The summed E-state index contributed by atoms with van der Waals surface area (Å²) in [5, 5.41) is 1.52. The molecule has 0 saturated carbocycles. The summed E-state index contributed by atoms with van der Waals surface area (Å²) < 4.78 is 13.5. The number of thiazole rings is 1. The van der Waals surface area contributed by atoms with E-state index in [1.54, 1.807) is 22.3 Å². The predicted octanol–water partition coefficient (Wildman–Crippen LogP) is 4.57. The van der Waals surface area contributed by atoms with Gasteiger partial charge < -0.3 is 4.90 Å². The summed E-state index contributed by atoms with van der Waals surface area (Å²) in [6, 6.07) is 10.0. The summed E-state index contributed by atoms with van der Waals surface area (Å²) >= 11 is 1.56. The second-order valence-electron chi connectivity index (χ2n) is 8.05. The van der Waals surface area contributed by atoms with Crippen LogP contribution in [0.3, 0.4) is 0 Å². The molecule has 8 heteroatoms. The molecule has 3 aliphatic rings. The van der Waals surface area contributed by atoms with E-state index in [0.29, 0.717) is 17.2 Å². The monoisotopic (exact) mass is 437 g/mol. The second kappa shape index (κ2) is 8.36. The van der Waals surface area contributed by atoms with Gasteiger partial charge in [0.2, 0.25) is 6.67 Å². The Morgan fingerprint density at radius 3 is 2.97 bits per heavy atom. The second-order valence-corrected chi connectivity index (χ2v) is 9.25. The number of nitrogens with zero attached hydrogens (tertiary/aromatic N) is 5. The number of aromatic nitrogens is 1. The average Bonchev–Trinajstić information content (AvgIpc) is 3.36. The molecule has 6 nitrogen and oxygen atoms in total. The third-order valence-electron chi connectivity index (χ3n) is 5.84. The summed E-state index contributed by atoms with van der Waals surface area (Å²) in [4.78, 5) is 27.6. The maximum Gasteiger partial charge on any atom is 0.285 e. The van der Waals surface area contributed by atoms with E-state index in [1.807, 2.05) is 48.4 Å². The van der Waals surface area contributed by atoms with Crippen LogP contribution >= 0.6 is 11.3 Å². The highest BCUT2D eigenvalue weighted by Gasteiger charge is 2.36. The summed E-state index contributed by atoms with van der Waals surface area (Å²) in [6.45, 7) is 2.81. The van der Waals surface area contributed by atoms with Gasteiger partial charge in [0.15, 0.2) is 6.20 Å². The van der Waals surface area contributed by atoms with Gasteiger partial charge in [-0.05, 0) is 31.7 Å². The predicted molar refractivity (Wildman–Crippen MR) is 120 cm³/mol. The van der Waals surface area contributed by atoms with Gasteiger partial charge in [0, 0.05) is 31.3 Å². The lowest BCUT2D eigenvalue weighted by Gasteiger charge is -2.35. The summed E-state index contributed by atoms with van der Waals surface area (Å²) in [7, 11) is 0. The highest BCUT2D eigenvalue weighted by Crippen LogP contribution is 2.33. The Balaban J connectivity index is 1.39. The first-order valence-electron chi connectivity index (χ1n) is 10.6. The molecule has 0 spiro atoms. The first-order chi connectivity index (χ1) is 15.1. The van der Waals surface area contributed by atoms with Crippen LogP contribution < -0.4 is 4.90 Å². The topological polar surface area (TPSA) is 54.7 Å². The minimum Gasteiger partial charge on any atom is -0.334 e. The van der Waals surface area contributed by atoms with Crippen LogP contribution in [-0.4, -0.2) is 46.0 Å². The molecule has 1 aromatic carbocycles. The molecule has 0 aliphatic carbocycles. The summed E-state index contributed by atoms with van der Waals surface area (Å²) in [5.41, 5.74) is 2.45. The van der Waals surface area contributed by atoms with Crippen molar-refractivity contribution in [2.75, 3.05) is 13.2 Å². The van der Waals surface area contributed by atoms with E-state index in [-0.39, 0.29) is 18.6 Å². The zero-order valence-electron chi connectivity index (χ0n) is 17.4. The number of likely N-dealkylation sites (tertiary alicyclic amines) is 1. The fraction of sp³-hybridized carbons (Fsp3) is 0.348. The van der Waals surface area contributed by atoms with E-state index in [2.05, 4.69) is 9.98 Å². The number of rotatable bonds is 4. The fourth-order valence-corrected chi connectivity index (χ4v) is 5.30. The van der Waals surface area contributed by atoms with Gasteiger partial charge in [0.1, 0.15) is 11.4 Å². The first kappa shape index (κ1) is 20.1. The number of halogens is 1. The van der Waals surface area contributed by atoms with Crippen LogP contribution in [0.1, 0.15) is 41.2 Å². The van der Waals surface area contributed by atoms with Crippen LogP contribution in [0.25, 0.3) is 10.4 Å². The Hall–Kier alpha value is -2.84. The number of amides is 1. The van der Waals surface area contributed by atoms with Crippen molar-refractivity contribution in [3.8, 4) is 10.4 Å². The number of benzene rings is 1. The Labute approximate surface area is 184 Å². The van der Waals surface area contributed by atoms with Gasteiger partial charge in [0.25, 0.3) is 11.7 Å². The number of aryl methyl sites for hydroxylation is 1. The number of amidine groups is 1. The Bertz CT molecular complexity index is 1080. The van der Waals surface area contributed by atoms with Crippen molar-refractivity contribution in [3.63, 3.8) is 0 Å². The molecular weight excluding hydrogens is 413 g/mol. The number of carbonyl (C=O) groups is 1. The van der Waals surface area contributed by atoms with E-state index in [0.717, 1.165) is 52.8 Å². The number of piperidine rings is 1. The molecule has 3 aliphatic heterocycles.